The molecule has 1 saturated heterocycles. The van der Waals surface area contributed by atoms with Crippen LogP contribution in [0.1, 0.15) is 33.3 Å². The largest absolute Gasteiger partial charge is 0.497 e. The highest BCUT2D eigenvalue weighted by Crippen LogP contribution is 2.28. The maximum Gasteiger partial charge on any atom is 0.270 e. The van der Waals surface area contributed by atoms with Gasteiger partial charge in [0.2, 0.25) is 0 Å². The highest BCUT2D eigenvalue weighted by molar-refractivity contribution is 7.16. The molecule has 1 atom stereocenters. The van der Waals surface area contributed by atoms with E-state index in [1.54, 1.807) is 18.4 Å². The van der Waals surface area contributed by atoms with Crippen molar-refractivity contribution >= 4 is 33.4 Å². The van der Waals surface area contributed by atoms with Crippen molar-refractivity contribution in [1.82, 2.24) is 14.4 Å². The molecule has 34 heavy (non-hydrogen) atoms. The molecule has 4 aromatic rings. The minimum Gasteiger partial charge on any atom is -0.497 e. The smallest absolute Gasteiger partial charge is 0.270 e. The number of fused-ring (bicyclic) bond motifs is 1. The summed E-state index contributed by atoms with van der Waals surface area (Å²) in [5.74, 6) is 0.819. The molecular formula is C27H27N3O3S. The van der Waals surface area contributed by atoms with Crippen molar-refractivity contribution in [3.63, 3.8) is 0 Å². The Kier molecular flexibility index (Phi) is 6.11. The van der Waals surface area contributed by atoms with Gasteiger partial charge in [-0.2, -0.15) is 0 Å². The van der Waals surface area contributed by atoms with E-state index in [1.165, 1.54) is 0 Å². The predicted molar refractivity (Wildman–Crippen MR) is 135 cm³/mol. The van der Waals surface area contributed by atoms with Crippen molar-refractivity contribution in [3.05, 3.63) is 88.9 Å². The second-order valence-electron chi connectivity index (χ2n) is 8.61. The van der Waals surface area contributed by atoms with Crippen LogP contribution < -0.4 is 4.74 Å². The Hall–Kier alpha value is -3.58. The summed E-state index contributed by atoms with van der Waals surface area (Å²) < 4.78 is 7.48. The first kappa shape index (κ1) is 22.2. The van der Waals surface area contributed by atoms with E-state index in [9.17, 15) is 9.59 Å². The van der Waals surface area contributed by atoms with Crippen LogP contribution in [-0.4, -0.2) is 59.0 Å². The fourth-order valence-corrected chi connectivity index (χ4v) is 5.51. The number of amides is 2. The van der Waals surface area contributed by atoms with Crippen LogP contribution in [0.25, 0.3) is 10.2 Å². The number of benzene rings is 2. The SMILES string of the molecule is COc1cccc(Cn2c(C(=O)N3CCN(C(=O)c4ccccc4)C(C)C3)cc3ccsc32)c1. The van der Waals surface area contributed by atoms with Crippen molar-refractivity contribution in [3.8, 4) is 5.75 Å². The molecular weight excluding hydrogens is 446 g/mol. The van der Waals surface area contributed by atoms with Gasteiger partial charge in [0, 0.05) is 43.2 Å². The molecule has 2 aromatic heterocycles. The molecule has 0 N–H and O–H groups in total. The van der Waals surface area contributed by atoms with E-state index in [0.29, 0.717) is 37.4 Å². The Labute approximate surface area is 203 Å². The number of methoxy groups -OCH3 is 1. The summed E-state index contributed by atoms with van der Waals surface area (Å²) in [5.41, 5.74) is 2.44. The Morgan fingerprint density at radius 1 is 1.00 bits per heavy atom. The number of thiophene rings is 1. The van der Waals surface area contributed by atoms with Crippen LogP contribution in [0.4, 0.5) is 0 Å². The summed E-state index contributed by atoms with van der Waals surface area (Å²) in [6.45, 7) is 4.14. The number of piperazine rings is 1. The van der Waals surface area contributed by atoms with E-state index in [-0.39, 0.29) is 17.9 Å². The number of hydrogen-bond donors (Lipinski definition) is 0. The van der Waals surface area contributed by atoms with Gasteiger partial charge in [0.1, 0.15) is 16.3 Å². The summed E-state index contributed by atoms with van der Waals surface area (Å²) in [5, 5.41) is 3.12. The van der Waals surface area contributed by atoms with Crippen molar-refractivity contribution in [2.45, 2.75) is 19.5 Å². The topological polar surface area (TPSA) is 54.8 Å². The van der Waals surface area contributed by atoms with Gasteiger partial charge in [-0.15, -0.1) is 11.3 Å². The molecule has 0 spiro atoms. The number of carbonyl (C=O) groups is 2. The van der Waals surface area contributed by atoms with Gasteiger partial charge in [-0.25, -0.2) is 0 Å². The summed E-state index contributed by atoms with van der Waals surface area (Å²) >= 11 is 1.64. The molecule has 6 nitrogen and oxygen atoms in total. The molecule has 0 radical (unpaired) electrons. The van der Waals surface area contributed by atoms with Crippen LogP contribution in [0.3, 0.4) is 0 Å². The van der Waals surface area contributed by atoms with Crippen LogP contribution in [0.5, 0.6) is 5.75 Å². The Balaban J connectivity index is 1.37. The molecule has 2 amide bonds. The number of aromatic nitrogens is 1. The highest BCUT2D eigenvalue weighted by atomic mass is 32.1. The fraction of sp³-hybridized carbons (Fsp3) is 0.259. The zero-order valence-electron chi connectivity index (χ0n) is 19.3. The molecule has 7 heteroatoms. The van der Waals surface area contributed by atoms with Crippen LogP contribution in [-0.2, 0) is 6.54 Å². The first-order valence-electron chi connectivity index (χ1n) is 11.4. The van der Waals surface area contributed by atoms with Gasteiger partial charge in [-0.3, -0.25) is 9.59 Å². The number of hydrogen-bond acceptors (Lipinski definition) is 4. The third-order valence-electron chi connectivity index (χ3n) is 6.39. The summed E-state index contributed by atoms with van der Waals surface area (Å²) in [6.07, 6.45) is 0. The van der Waals surface area contributed by atoms with Crippen LogP contribution in [0, 0.1) is 0 Å². The van der Waals surface area contributed by atoms with E-state index in [1.807, 2.05) is 77.4 Å². The molecule has 0 aliphatic carbocycles. The molecule has 1 unspecified atom stereocenters. The minimum absolute atomic E-state index is 0.00459. The molecule has 1 fully saturated rings. The zero-order valence-corrected chi connectivity index (χ0v) is 20.1. The maximum atomic E-state index is 13.7. The van der Waals surface area contributed by atoms with Crippen LogP contribution in [0.2, 0.25) is 0 Å². The summed E-state index contributed by atoms with van der Waals surface area (Å²) in [4.78, 5) is 31.5. The van der Waals surface area contributed by atoms with Gasteiger partial charge in [0.25, 0.3) is 11.8 Å². The number of rotatable bonds is 5. The van der Waals surface area contributed by atoms with Gasteiger partial charge in [0.05, 0.1) is 7.11 Å². The van der Waals surface area contributed by atoms with Crippen molar-refractivity contribution in [2.24, 2.45) is 0 Å². The monoisotopic (exact) mass is 473 g/mol. The van der Waals surface area contributed by atoms with E-state index in [2.05, 4.69) is 16.0 Å². The molecule has 2 aromatic carbocycles. The second-order valence-corrected chi connectivity index (χ2v) is 9.51. The average molecular weight is 474 g/mol. The normalized spacial score (nSPS) is 16.1. The van der Waals surface area contributed by atoms with E-state index < -0.39 is 0 Å². The standard InChI is InChI=1S/C27H27N3O3S/c1-19-17-28(12-13-29(19)25(31)21-8-4-3-5-9-21)26(32)24-16-22-11-14-34-27(22)30(24)18-20-7-6-10-23(15-20)33-2/h3-11,14-16,19H,12-13,17-18H2,1-2H3. The average Bonchev–Trinajstić information content (AvgIpc) is 3.46. The van der Waals surface area contributed by atoms with Gasteiger partial charge in [-0.1, -0.05) is 30.3 Å². The Bertz CT molecular complexity index is 1330. The first-order valence-corrected chi connectivity index (χ1v) is 12.3. The van der Waals surface area contributed by atoms with E-state index in [4.69, 9.17) is 4.74 Å². The maximum absolute atomic E-state index is 13.7. The molecule has 5 rings (SSSR count). The highest BCUT2D eigenvalue weighted by Gasteiger charge is 2.32. The summed E-state index contributed by atoms with van der Waals surface area (Å²) in [6, 6.07) is 21.2. The molecule has 1 aliphatic rings. The lowest BCUT2D eigenvalue weighted by Crippen LogP contribution is -2.55. The van der Waals surface area contributed by atoms with E-state index in [0.717, 1.165) is 21.5 Å². The fourth-order valence-electron chi connectivity index (χ4n) is 4.61. The summed E-state index contributed by atoms with van der Waals surface area (Å²) in [7, 11) is 1.66. The van der Waals surface area contributed by atoms with Crippen LogP contribution in [0.15, 0.2) is 72.1 Å². The quantitative estimate of drug-likeness (QED) is 0.421. The number of carbonyl (C=O) groups excluding carboxylic acids is 2. The van der Waals surface area contributed by atoms with Crippen molar-refractivity contribution < 1.29 is 14.3 Å². The lowest BCUT2D eigenvalue weighted by atomic mass is 10.1. The Morgan fingerprint density at radius 3 is 2.59 bits per heavy atom. The molecule has 0 saturated carbocycles. The number of nitrogens with zero attached hydrogens (tertiary/aromatic N) is 3. The van der Waals surface area contributed by atoms with Gasteiger partial charge >= 0.3 is 0 Å². The molecule has 3 heterocycles. The zero-order chi connectivity index (χ0) is 23.7. The lowest BCUT2D eigenvalue weighted by molar-refractivity contribution is 0.0409. The van der Waals surface area contributed by atoms with Gasteiger partial charge in [-0.05, 0) is 54.3 Å². The molecule has 1 aliphatic heterocycles. The van der Waals surface area contributed by atoms with E-state index >= 15 is 0 Å². The van der Waals surface area contributed by atoms with Crippen LogP contribution >= 0.6 is 11.3 Å². The Morgan fingerprint density at radius 2 is 1.82 bits per heavy atom. The number of ether oxygens (including phenoxy) is 1. The predicted octanol–water partition coefficient (Wildman–Crippen LogP) is 4.75. The molecule has 174 valence electrons. The second kappa shape index (κ2) is 9.35. The van der Waals surface area contributed by atoms with Gasteiger partial charge in [0.15, 0.2) is 0 Å². The minimum atomic E-state index is -0.0617. The van der Waals surface area contributed by atoms with Crippen molar-refractivity contribution in [2.75, 3.05) is 26.7 Å². The van der Waals surface area contributed by atoms with Gasteiger partial charge < -0.3 is 19.1 Å². The lowest BCUT2D eigenvalue weighted by Gasteiger charge is -2.40. The third-order valence-corrected chi connectivity index (χ3v) is 7.34. The third kappa shape index (κ3) is 4.19. The molecule has 0 bridgehead atoms. The van der Waals surface area contributed by atoms with Crippen molar-refractivity contribution in [1.29, 1.82) is 0 Å². The first-order chi connectivity index (χ1) is 16.5.